The molecule has 0 radical (unpaired) electrons. The van der Waals surface area contributed by atoms with Crippen LogP contribution in [0.2, 0.25) is 0 Å². The number of aromatic nitrogens is 1. The molecule has 30 heavy (non-hydrogen) atoms. The minimum absolute atomic E-state index is 0.186. The fourth-order valence-corrected chi connectivity index (χ4v) is 6.23. The number of hydrogen-bond donors (Lipinski definition) is 2. The quantitative estimate of drug-likeness (QED) is 0.606. The molecule has 0 saturated carbocycles. The number of ether oxygens (including phenoxy) is 1. The number of methoxy groups -OCH3 is 1. The molecule has 1 saturated heterocycles. The summed E-state index contributed by atoms with van der Waals surface area (Å²) in [5.41, 5.74) is 2.31. The lowest BCUT2D eigenvalue weighted by atomic mass is 9.89. The molecule has 0 spiro atoms. The highest BCUT2D eigenvalue weighted by Crippen LogP contribution is 2.34. The second-order valence-corrected chi connectivity index (χ2v) is 10.4. The Morgan fingerprint density at radius 3 is 2.73 bits per heavy atom. The van der Waals surface area contributed by atoms with Crippen molar-refractivity contribution in [3.05, 3.63) is 47.5 Å². The van der Waals surface area contributed by atoms with Gasteiger partial charge in [0, 0.05) is 30.2 Å². The standard InChI is InChI=1S/C21H25N3O4S2/c1-14(23-30(26,27)20-4-3-11-29-20)21(25)24-9-7-15(8-10-24)18-13-22-19-6-5-16(28-2)12-17(18)19/h3-6,11-15,22-23H,7-10H2,1-2H3. The van der Waals surface area contributed by atoms with E-state index in [1.54, 1.807) is 30.4 Å². The van der Waals surface area contributed by atoms with Gasteiger partial charge in [0.05, 0.1) is 13.2 Å². The number of carbonyl (C=O) groups excluding carboxylic acids is 1. The highest BCUT2D eigenvalue weighted by molar-refractivity contribution is 7.91. The van der Waals surface area contributed by atoms with E-state index in [2.05, 4.69) is 9.71 Å². The number of H-pyrrole nitrogens is 1. The molecule has 1 unspecified atom stereocenters. The van der Waals surface area contributed by atoms with Gasteiger partial charge in [0.1, 0.15) is 9.96 Å². The van der Waals surface area contributed by atoms with Crippen molar-refractivity contribution in [3.8, 4) is 5.75 Å². The molecule has 9 heteroatoms. The lowest BCUT2D eigenvalue weighted by Gasteiger charge is -2.33. The molecule has 4 rings (SSSR count). The molecule has 1 aromatic carbocycles. The minimum atomic E-state index is -3.67. The van der Waals surface area contributed by atoms with Crippen molar-refractivity contribution in [2.75, 3.05) is 20.2 Å². The van der Waals surface area contributed by atoms with E-state index >= 15 is 0 Å². The van der Waals surface area contributed by atoms with Crippen LogP contribution in [0.1, 0.15) is 31.2 Å². The van der Waals surface area contributed by atoms with Crippen molar-refractivity contribution in [1.29, 1.82) is 0 Å². The van der Waals surface area contributed by atoms with E-state index < -0.39 is 16.1 Å². The maximum absolute atomic E-state index is 12.8. The molecule has 160 valence electrons. The van der Waals surface area contributed by atoms with Crippen LogP contribution in [0, 0.1) is 0 Å². The molecule has 3 heterocycles. The molecule has 1 atom stereocenters. The fraction of sp³-hybridized carbons (Fsp3) is 0.381. The number of fused-ring (bicyclic) bond motifs is 1. The van der Waals surface area contributed by atoms with Gasteiger partial charge >= 0.3 is 0 Å². The highest BCUT2D eigenvalue weighted by Gasteiger charge is 2.30. The van der Waals surface area contributed by atoms with Gasteiger partial charge in [-0.2, -0.15) is 4.72 Å². The maximum Gasteiger partial charge on any atom is 0.250 e. The van der Waals surface area contributed by atoms with Gasteiger partial charge in [-0.1, -0.05) is 6.07 Å². The molecule has 1 aliphatic heterocycles. The Labute approximate surface area is 180 Å². The van der Waals surface area contributed by atoms with Gasteiger partial charge in [0.2, 0.25) is 5.91 Å². The molecule has 1 fully saturated rings. The van der Waals surface area contributed by atoms with Crippen molar-refractivity contribution in [2.24, 2.45) is 0 Å². The molecule has 1 aliphatic rings. The second kappa shape index (κ2) is 8.41. The van der Waals surface area contributed by atoms with Crippen LogP contribution in [0.5, 0.6) is 5.75 Å². The Morgan fingerprint density at radius 1 is 1.30 bits per heavy atom. The van der Waals surface area contributed by atoms with Crippen LogP contribution in [-0.2, 0) is 14.8 Å². The van der Waals surface area contributed by atoms with E-state index in [1.165, 1.54) is 11.6 Å². The molecule has 0 aliphatic carbocycles. The van der Waals surface area contributed by atoms with Crippen LogP contribution >= 0.6 is 11.3 Å². The van der Waals surface area contributed by atoms with Gasteiger partial charge in [-0.05, 0) is 60.9 Å². The van der Waals surface area contributed by atoms with Crippen molar-refractivity contribution in [1.82, 2.24) is 14.6 Å². The first-order valence-corrected chi connectivity index (χ1v) is 12.2. The number of benzene rings is 1. The largest absolute Gasteiger partial charge is 0.497 e. The third-order valence-corrected chi connectivity index (χ3v) is 8.57. The summed E-state index contributed by atoms with van der Waals surface area (Å²) in [5, 5.41) is 2.85. The van der Waals surface area contributed by atoms with Crippen LogP contribution in [0.4, 0.5) is 0 Å². The molecular weight excluding hydrogens is 422 g/mol. The Morgan fingerprint density at radius 2 is 2.07 bits per heavy atom. The number of rotatable bonds is 6. The van der Waals surface area contributed by atoms with Gasteiger partial charge in [-0.15, -0.1) is 11.3 Å². The molecule has 2 aromatic heterocycles. The number of aromatic amines is 1. The van der Waals surface area contributed by atoms with E-state index in [1.807, 2.05) is 24.4 Å². The summed E-state index contributed by atoms with van der Waals surface area (Å²) in [6, 6.07) is 8.40. The minimum Gasteiger partial charge on any atom is -0.497 e. The Hall–Kier alpha value is -2.36. The van der Waals surface area contributed by atoms with E-state index in [-0.39, 0.29) is 10.1 Å². The summed E-state index contributed by atoms with van der Waals surface area (Å²) in [6.07, 6.45) is 3.71. The normalized spacial score (nSPS) is 16.7. The molecule has 7 nitrogen and oxygen atoms in total. The third-order valence-electron chi connectivity index (χ3n) is 5.63. The van der Waals surface area contributed by atoms with Gasteiger partial charge in [-0.25, -0.2) is 8.42 Å². The van der Waals surface area contributed by atoms with Gasteiger partial charge < -0.3 is 14.6 Å². The number of amides is 1. The Balaban J connectivity index is 1.40. The predicted octanol–water partition coefficient (Wildman–Crippen LogP) is 3.31. The summed E-state index contributed by atoms with van der Waals surface area (Å²) in [5.74, 6) is 0.977. The first kappa shape index (κ1) is 20.9. The molecule has 0 bridgehead atoms. The Kier molecular flexibility index (Phi) is 5.86. The summed E-state index contributed by atoms with van der Waals surface area (Å²) in [7, 11) is -2.01. The topological polar surface area (TPSA) is 91.5 Å². The molecule has 2 N–H and O–H groups in total. The zero-order valence-electron chi connectivity index (χ0n) is 16.9. The van der Waals surface area contributed by atoms with Crippen LogP contribution in [0.3, 0.4) is 0 Å². The molecule has 3 aromatic rings. The zero-order valence-corrected chi connectivity index (χ0v) is 18.6. The number of carbonyl (C=O) groups is 1. The number of thiophene rings is 1. The van der Waals surface area contributed by atoms with Gasteiger partial charge in [0.15, 0.2) is 0 Å². The zero-order chi connectivity index (χ0) is 21.3. The first-order chi connectivity index (χ1) is 14.4. The van der Waals surface area contributed by atoms with E-state index in [9.17, 15) is 13.2 Å². The van der Waals surface area contributed by atoms with Crippen LogP contribution < -0.4 is 9.46 Å². The van der Waals surface area contributed by atoms with E-state index in [4.69, 9.17) is 4.74 Å². The first-order valence-electron chi connectivity index (χ1n) is 9.88. The SMILES string of the molecule is COc1ccc2[nH]cc(C3CCN(C(=O)C(C)NS(=O)(=O)c4cccs4)CC3)c2c1. The third kappa shape index (κ3) is 4.10. The second-order valence-electron chi connectivity index (χ2n) is 7.53. The van der Waals surface area contributed by atoms with Crippen LogP contribution in [0.25, 0.3) is 10.9 Å². The summed E-state index contributed by atoms with van der Waals surface area (Å²) in [4.78, 5) is 17.9. The average molecular weight is 448 g/mol. The maximum atomic E-state index is 12.8. The number of sulfonamides is 1. The summed E-state index contributed by atoms with van der Waals surface area (Å²) < 4.78 is 32.9. The molecule has 1 amide bonds. The lowest BCUT2D eigenvalue weighted by molar-refractivity contribution is -0.133. The number of hydrogen-bond acceptors (Lipinski definition) is 5. The van der Waals surface area contributed by atoms with Crippen molar-refractivity contribution < 1.29 is 17.9 Å². The fourth-order valence-electron chi connectivity index (χ4n) is 4.03. The van der Waals surface area contributed by atoms with E-state index in [0.717, 1.165) is 40.8 Å². The number of nitrogens with zero attached hydrogens (tertiary/aromatic N) is 1. The number of piperidine rings is 1. The predicted molar refractivity (Wildman–Crippen MR) is 118 cm³/mol. The van der Waals surface area contributed by atoms with Crippen molar-refractivity contribution >= 4 is 38.2 Å². The molecular formula is C21H25N3O4S2. The van der Waals surface area contributed by atoms with Crippen LogP contribution in [-0.4, -0.2) is 50.5 Å². The van der Waals surface area contributed by atoms with Crippen LogP contribution in [0.15, 0.2) is 46.1 Å². The number of likely N-dealkylation sites (tertiary alicyclic amines) is 1. The number of nitrogens with one attached hydrogen (secondary N) is 2. The monoisotopic (exact) mass is 447 g/mol. The van der Waals surface area contributed by atoms with Gasteiger partial charge in [-0.3, -0.25) is 4.79 Å². The lowest BCUT2D eigenvalue weighted by Crippen LogP contribution is -2.49. The van der Waals surface area contributed by atoms with Gasteiger partial charge in [0.25, 0.3) is 10.0 Å². The van der Waals surface area contributed by atoms with Crippen molar-refractivity contribution in [3.63, 3.8) is 0 Å². The average Bonchev–Trinajstić information content (AvgIpc) is 3.43. The smallest absolute Gasteiger partial charge is 0.250 e. The van der Waals surface area contributed by atoms with E-state index in [0.29, 0.717) is 19.0 Å². The van der Waals surface area contributed by atoms with Crippen molar-refractivity contribution in [2.45, 2.75) is 35.9 Å². The summed E-state index contributed by atoms with van der Waals surface area (Å²) in [6.45, 7) is 2.81. The Bertz CT molecular complexity index is 1130. The summed E-state index contributed by atoms with van der Waals surface area (Å²) >= 11 is 1.13. The highest BCUT2D eigenvalue weighted by atomic mass is 32.2.